The van der Waals surface area contributed by atoms with Gasteiger partial charge in [-0.05, 0) is 124 Å². The molecule has 8 bridgehead atoms. The van der Waals surface area contributed by atoms with Crippen LogP contribution in [0.25, 0.3) is 0 Å². The molecule has 9 aliphatic rings. The molecule has 0 spiro atoms. The van der Waals surface area contributed by atoms with Crippen LogP contribution in [0, 0.1) is 35.5 Å². The Morgan fingerprint density at radius 1 is 0.615 bits per heavy atom. The molecule has 0 radical (unpaired) electrons. The van der Waals surface area contributed by atoms with Gasteiger partial charge >= 0.3 is 0 Å². The Morgan fingerprint density at radius 3 is 1.28 bits per heavy atom. The lowest BCUT2D eigenvalue weighted by molar-refractivity contribution is -0.0172. The van der Waals surface area contributed by atoms with Gasteiger partial charge in [0, 0.05) is 11.1 Å². The van der Waals surface area contributed by atoms with Crippen LogP contribution in [0.5, 0.6) is 0 Å². The van der Waals surface area contributed by atoms with Gasteiger partial charge in [0.15, 0.2) is 11.4 Å². The van der Waals surface area contributed by atoms with E-state index in [1.807, 2.05) is 0 Å². The normalized spacial score (nSPS) is 40.7. The van der Waals surface area contributed by atoms with E-state index in [9.17, 15) is 9.59 Å². The van der Waals surface area contributed by atoms with Crippen molar-refractivity contribution in [2.45, 2.75) is 111 Å². The molecule has 0 aromatic carbocycles. The van der Waals surface area contributed by atoms with Crippen molar-refractivity contribution in [2.24, 2.45) is 35.5 Å². The zero-order valence-electron chi connectivity index (χ0n) is 22.3. The van der Waals surface area contributed by atoms with E-state index in [0.29, 0.717) is 34.5 Å². The molecule has 2 amide bonds. The van der Waals surface area contributed by atoms with Gasteiger partial charge in [0.05, 0.1) is 13.1 Å². The molecule has 2 N–H and O–H groups in total. The summed E-state index contributed by atoms with van der Waals surface area (Å²) in [7, 11) is 0. The fourth-order valence-corrected chi connectivity index (χ4v) is 11.9. The monoisotopic (exact) mass is 548 g/mol. The lowest BCUT2D eigenvalue weighted by atomic mass is 9.53. The molecule has 8 fully saturated rings. The summed E-state index contributed by atoms with van der Waals surface area (Å²) in [6.07, 6.45) is 14.5. The molecule has 0 atom stereocenters. The minimum atomic E-state index is -0.133. The topological polar surface area (TPSA) is 120 Å². The SMILES string of the molecule is O=C(NC12CC3CC(CC(C3)C1)C2)c1nnn2c1Sc1c(C(=O)NC34CC5CC(CC(C5)C3)C4)nnn1CC2. The third-order valence-corrected chi connectivity index (χ3v) is 12.6. The predicted octanol–water partition coefficient (Wildman–Crippen LogP) is 3.43. The van der Waals surface area contributed by atoms with Crippen molar-refractivity contribution in [1.29, 1.82) is 0 Å². The number of rotatable bonds is 4. The second-order valence-corrected chi connectivity index (χ2v) is 15.3. The smallest absolute Gasteiger partial charge is 0.275 e. The quantitative estimate of drug-likeness (QED) is 0.601. The third kappa shape index (κ3) is 3.67. The van der Waals surface area contributed by atoms with E-state index in [1.165, 1.54) is 50.3 Å². The number of hydrogen-bond acceptors (Lipinski definition) is 7. The van der Waals surface area contributed by atoms with Crippen molar-refractivity contribution in [3.05, 3.63) is 11.4 Å². The lowest BCUT2D eigenvalue weighted by Crippen LogP contribution is -2.60. The van der Waals surface area contributed by atoms with E-state index in [1.54, 1.807) is 9.36 Å². The molecule has 11 heteroatoms. The molecule has 8 saturated carbocycles. The van der Waals surface area contributed by atoms with Gasteiger partial charge in [-0.15, -0.1) is 10.2 Å². The summed E-state index contributed by atoms with van der Waals surface area (Å²) < 4.78 is 3.57. The first kappa shape index (κ1) is 23.3. The average molecular weight is 549 g/mol. The summed E-state index contributed by atoms with van der Waals surface area (Å²) >= 11 is 1.37. The Kier molecular flexibility index (Phi) is 4.82. The number of nitrogens with one attached hydrogen (secondary N) is 2. The van der Waals surface area contributed by atoms with E-state index < -0.39 is 0 Å². The van der Waals surface area contributed by atoms with E-state index in [0.717, 1.165) is 74.0 Å². The van der Waals surface area contributed by atoms with Crippen LogP contribution >= 0.6 is 11.8 Å². The highest BCUT2D eigenvalue weighted by Crippen LogP contribution is 2.57. The summed E-state index contributed by atoms with van der Waals surface area (Å²) in [5.74, 6) is 4.23. The molecule has 0 saturated heterocycles. The van der Waals surface area contributed by atoms with Gasteiger partial charge in [-0.3, -0.25) is 9.59 Å². The summed E-state index contributed by atoms with van der Waals surface area (Å²) in [5.41, 5.74) is 0.532. The Labute approximate surface area is 231 Å². The minimum absolute atomic E-state index is 0.0933. The minimum Gasteiger partial charge on any atom is -0.345 e. The molecule has 206 valence electrons. The van der Waals surface area contributed by atoms with Crippen molar-refractivity contribution in [3.63, 3.8) is 0 Å². The zero-order chi connectivity index (χ0) is 25.9. The summed E-state index contributed by atoms with van der Waals surface area (Å²) in [6, 6.07) is 0. The average Bonchev–Trinajstić information content (AvgIpc) is 3.40. The largest absolute Gasteiger partial charge is 0.345 e. The van der Waals surface area contributed by atoms with Crippen molar-refractivity contribution in [2.75, 3.05) is 0 Å². The van der Waals surface area contributed by atoms with Crippen LogP contribution in [0.4, 0.5) is 0 Å². The third-order valence-electron chi connectivity index (χ3n) is 11.4. The second kappa shape index (κ2) is 8.07. The first-order valence-electron chi connectivity index (χ1n) is 15.1. The fraction of sp³-hybridized carbons (Fsp3) is 0.786. The Morgan fingerprint density at radius 2 is 0.949 bits per heavy atom. The van der Waals surface area contributed by atoms with Crippen molar-refractivity contribution >= 4 is 23.6 Å². The van der Waals surface area contributed by atoms with Gasteiger partial charge in [-0.25, -0.2) is 9.36 Å². The van der Waals surface area contributed by atoms with E-state index in [4.69, 9.17) is 0 Å². The predicted molar refractivity (Wildman–Crippen MR) is 141 cm³/mol. The number of amides is 2. The van der Waals surface area contributed by atoms with E-state index in [2.05, 4.69) is 31.3 Å². The van der Waals surface area contributed by atoms with E-state index in [-0.39, 0.29) is 22.9 Å². The van der Waals surface area contributed by atoms with E-state index >= 15 is 0 Å². The molecule has 2 aromatic heterocycles. The number of nitrogens with zero attached hydrogens (tertiary/aromatic N) is 6. The van der Waals surface area contributed by atoms with Crippen LogP contribution in [-0.2, 0) is 13.1 Å². The second-order valence-electron chi connectivity index (χ2n) is 14.3. The highest BCUT2D eigenvalue weighted by Gasteiger charge is 2.53. The van der Waals surface area contributed by atoms with Crippen LogP contribution in [0.3, 0.4) is 0 Å². The maximum absolute atomic E-state index is 13.7. The Hall–Kier alpha value is -2.43. The van der Waals surface area contributed by atoms with Crippen LogP contribution in [-0.4, -0.2) is 52.9 Å². The molecule has 10 nitrogen and oxygen atoms in total. The maximum atomic E-state index is 13.7. The number of aromatic nitrogens is 6. The Bertz CT molecular complexity index is 1210. The number of hydrogen-bond donors (Lipinski definition) is 2. The van der Waals surface area contributed by atoms with Gasteiger partial charge < -0.3 is 10.6 Å². The molecule has 39 heavy (non-hydrogen) atoms. The molecule has 1 aliphatic heterocycles. The molecular formula is C28H36N8O2S. The molecule has 0 unspecified atom stereocenters. The standard InChI is InChI=1S/C28H36N8O2S/c37-23(29-27-9-15-3-16(10-27)5-17(4-15)11-27)21-25-35(33-31-21)1-2-36-26(39-25)22(32-34-36)24(38)30-28-12-18-6-19(13-28)8-20(7-18)14-28/h15-20H,1-14H2,(H,29,37)(H,30,38). The van der Waals surface area contributed by atoms with Crippen LogP contribution in [0.2, 0.25) is 0 Å². The highest BCUT2D eigenvalue weighted by atomic mass is 32.2. The van der Waals surface area contributed by atoms with Crippen LogP contribution in [0.1, 0.15) is 98.0 Å². The zero-order valence-corrected chi connectivity index (χ0v) is 23.1. The van der Waals surface area contributed by atoms with Crippen LogP contribution in [0.15, 0.2) is 10.1 Å². The first-order valence-corrected chi connectivity index (χ1v) is 15.9. The summed E-state index contributed by atoms with van der Waals surface area (Å²) in [5, 5.41) is 25.6. The lowest BCUT2D eigenvalue weighted by Gasteiger charge is -2.56. The number of carbonyl (C=O) groups is 2. The summed E-state index contributed by atoms with van der Waals surface area (Å²) in [6.45, 7) is 1.07. The van der Waals surface area contributed by atoms with Crippen molar-refractivity contribution < 1.29 is 9.59 Å². The molecular weight excluding hydrogens is 512 g/mol. The maximum Gasteiger partial charge on any atom is 0.275 e. The number of fused-ring (bicyclic) bond motifs is 2. The van der Waals surface area contributed by atoms with Crippen molar-refractivity contribution in [3.8, 4) is 0 Å². The number of aryl methyl sites for hydroxylation is 2. The van der Waals surface area contributed by atoms with Gasteiger partial charge in [0.25, 0.3) is 11.8 Å². The molecule has 3 heterocycles. The van der Waals surface area contributed by atoms with Gasteiger partial charge in [-0.1, -0.05) is 10.4 Å². The van der Waals surface area contributed by atoms with Gasteiger partial charge in [-0.2, -0.15) is 0 Å². The van der Waals surface area contributed by atoms with Crippen molar-refractivity contribution in [1.82, 2.24) is 40.6 Å². The molecule has 11 rings (SSSR count). The number of carbonyl (C=O) groups excluding carboxylic acids is 2. The van der Waals surface area contributed by atoms with Gasteiger partial charge in [0.1, 0.15) is 10.1 Å². The Balaban J connectivity index is 0.975. The highest BCUT2D eigenvalue weighted by molar-refractivity contribution is 7.99. The van der Waals surface area contributed by atoms with Crippen LogP contribution < -0.4 is 10.6 Å². The molecule has 2 aromatic rings. The summed E-state index contributed by atoms with van der Waals surface area (Å²) in [4.78, 5) is 27.4. The van der Waals surface area contributed by atoms with Gasteiger partial charge in [0.2, 0.25) is 0 Å². The fourth-order valence-electron chi connectivity index (χ4n) is 10.8. The first-order chi connectivity index (χ1) is 18.9. The molecule has 8 aliphatic carbocycles.